The van der Waals surface area contributed by atoms with Gasteiger partial charge in [-0.25, -0.2) is 0 Å². The van der Waals surface area contributed by atoms with Crippen molar-refractivity contribution >= 4 is 46.5 Å². The second kappa shape index (κ2) is 8.05. The summed E-state index contributed by atoms with van der Waals surface area (Å²) in [4.78, 5) is 40.4. The van der Waals surface area contributed by atoms with Crippen LogP contribution in [0.1, 0.15) is 23.2 Å². The quantitative estimate of drug-likeness (QED) is 0.662. The largest absolute Gasteiger partial charge is 0.348 e. The molecule has 0 radical (unpaired) electrons. The summed E-state index contributed by atoms with van der Waals surface area (Å²) in [5.74, 6) is 1.43. The Morgan fingerprint density at radius 3 is 2.90 bits per heavy atom. The van der Waals surface area contributed by atoms with Crippen LogP contribution in [0.25, 0.3) is 11.1 Å². The summed E-state index contributed by atoms with van der Waals surface area (Å²) in [5.41, 5.74) is 3.10. The molecule has 2 saturated heterocycles. The van der Waals surface area contributed by atoms with Crippen molar-refractivity contribution in [1.82, 2.24) is 10.2 Å². The van der Waals surface area contributed by atoms with Crippen molar-refractivity contribution in [2.45, 2.75) is 31.0 Å². The van der Waals surface area contributed by atoms with E-state index in [1.807, 2.05) is 40.3 Å². The van der Waals surface area contributed by atoms with Crippen LogP contribution in [0.5, 0.6) is 0 Å². The van der Waals surface area contributed by atoms with Gasteiger partial charge in [-0.15, -0.1) is 0 Å². The average molecular weight is 444 g/mol. The number of nitrogens with two attached hydrogens (primary N) is 1. The third-order valence-electron chi connectivity index (χ3n) is 6.01. The number of hydrogen-bond donors (Lipinski definition) is 3. The van der Waals surface area contributed by atoms with E-state index in [0.29, 0.717) is 30.6 Å². The fourth-order valence-corrected chi connectivity index (χ4v) is 6.05. The summed E-state index contributed by atoms with van der Waals surface area (Å²) in [6.07, 6.45) is 1.09. The normalized spacial score (nSPS) is 25.9. The van der Waals surface area contributed by atoms with E-state index in [-0.39, 0.29) is 29.8 Å². The van der Waals surface area contributed by atoms with Crippen molar-refractivity contribution in [2.75, 3.05) is 23.5 Å². The maximum Gasteiger partial charge on any atom is 0.279 e. The van der Waals surface area contributed by atoms with Crippen molar-refractivity contribution in [3.63, 3.8) is 0 Å². The Morgan fingerprint density at radius 1 is 1.23 bits per heavy atom. The number of quaternary nitrogens is 1. The van der Waals surface area contributed by atoms with E-state index in [0.717, 1.165) is 22.8 Å². The minimum Gasteiger partial charge on any atom is -0.348 e. The van der Waals surface area contributed by atoms with Gasteiger partial charge in [0.05, 0.1) is 17.0 Å². The lowest BCUT2D eigenvalue weighted by Gasteiger charge is -2.37. The molecule has 0 saturated carbocycles. The number of thioether (sulfide) groups is 1. The fraction of sp³-hybridized carbons (Fsp3) is 0.381. The number of carbonyl (C=O) groups excluding carboxylic acids is 3. The molecule has 3 amide bonds. The number of piperidine rings is 1. The second-order valence-electron chi connectivity index (χ2n) is 7.89. The first-order valence-corrected chi connectivity index (χ1v) is 12.2. The Bertz CT molecular complexity index is 988. The predicted octanol–water partition coefficient (Wildman–Crippen LogP) is 1.09. The van der Waals surface area contributed by atoms with Gasteiger partial charge in [0, 0.05) is 12.6 Å². The molecule has 4 N–H and O–H groups in total. The van der Waals surface area contributed by atoms with Gasteiger partial charge in [0.15, 0.2) is 6.04 Å². The lowest BCUT2D eigenvalue weighted by Crippen LogP contribution is -2.89. The van der Waals surface area contributed by atoms with Crippen LogP contribution in [0.4, 0.5) is 5.69 Å². The summed E-state index contributed by atoms with van der Waals surface area (Å²) in [7, 11) is 0. The van der Waals surface area contributed by atoms with Crippen LogP contribution in [-0.2, 0) is 9.59 Å². The van der Waals surface area contributed by atoms with Crippen molar-refractivity contribution < 1.29 is 19.7 Å². The molecule has 0 spiro atoms. The van der Waals surface area contributed by atoms with E-state index in [1.165, 1.54) is 0 Å². The molecule has 3 atom stereocenters. The van der Waals surface area contributed by atoms with Crippen LogP contribution in [0.15, 0.2) is 35.0 Å². The number of nitrogens with zero attached hydrogens (tertiary/aromatic N) is 1. The highest BCUT2D eigenvalue weighted by atomic mass is 32.2. The van der Waals surface area contributed by atoms with Gasteiger partial charge in [-0.05, 0) is 52.9 Å². The molecule has 5 rings (SSSR count). The molecule has 9 heteroatoms. The number of rotatable bonds is 3. The molecule has 1 aromatic heterocycles. The zero-order chi connectivity index (χ0) is 20.7. The van der Waals surface area contributed by atoms with Crippen LogP contribution < -0.4 is 16.0 Å². The Kier molecular flexibility index (Phi) is 5.26. The molecule has 3 aliphatic heterocycles. The van der Waals surface area contributed by atoms with Crippen LogP contribution >= 0.6 is 23.1 Å². The van der Waals surface area contributed by atoms with Gasteiger partial charge in [-0.3, -0.25) is 14.4 Å². The molecule has 2 fully saturated rings. The minimum absolute atomic E-state index is 0.0301. The molecular weight excluding hydrogens is 420 g/mol. The molecule has 156 valence electrons. The van der Waals surface area contributed by atoms with Gasteiger partial charge in [0.2, 0.25) is 5.91 Å². The van der Waals surface area contributed by atoms with Crippen LogP contribution in [0.2, 0.25) is 0 Å². The van der Waals surface area contributed by atoms with E-state index >= 15 is 0 Å². The van der Waals surface area contributed by atoms with E-state index < -0.39 is 6.04 Å². The monoisotopic (exact) mass is 443 g/mol. The number of benzene rings is 1. The first kappa shape index (κ1) is 19.6. The van der Waals surface area contributed by atoms with E-state index in [9.17, 15) is 14.4 Å². The van der Waals surface area contributed by atoms with Crippen LogP contribution in [0, 0.1) is 0 Å². The summed E-state index contributed by atoms with van der Waals surface area (Å²) in [5, 5.41) is 12.1. The molecule has 0 bridgehead atoms. The standard InChI is InChI=1S/C21H22N4O3S2/c26-19(17-10-30-11-22-17)23-14-3-5-25-18(8-14)20(27)24-16-2-1-12(7-15(16)21(25)28)13-4-6-29-9-13/h1-2,4,6-7,9,14,17-18,22H,3,5,8,10-11H2,(H,23,26)(H,24,27)/p+1/t14-,17-,18-/m0/s1. The van der Waals surface area contributed by atoms with Crippen LogP contribution in [-0.4, -0.2) is 58.9 Å². The molecule has 30 heavy (non-hydrogen) atoms. The van der Waals surface area contributed by atoms with Crippen molar-refractivity contribution in [3.8, 4) is 11.1 Å². The topological polar surface area (TPSA) is 95.1 Å². The van der Waals surface area contributed by atoms with Crippen molar-refractivity contribution in [2.24, 2.45) is 0 Å². The fourth-order valence-electron chi connectivity index (χ4n) is 4.34. The highest BCUT2D eigenvalue weighted by molar-refractivity contribution is 7.99. The summed E-state index contributed by atoms with van der Waals surface area (Å²) < 4.78 is 0. The van der Waals surface area contributed by atoms with Crippen LogP contribution in [0.3, 0.4) is 0 Å². The zero-order valence-electron chi connectivity index (χ0n) is 16.3. The number of anilines is 1. The Morgan fingerprint density at radius 2 is 2.13 bits per heavy atom. The number of hydrogen-bond acceptors (Lipinski definition) is 5. The number of thiophene rings is 1. The van der Waals surface area contributed by atoms with E-state index in [1.54, 1.807) is 28.0 Å². The second-order valence-corrected chi connectivity index (χ2v) is 9.74. The highest BCUT2D eigenvalue weighted by Crippen LogP contribution is 2.32. The lowest BCUT2D eigenvalue weighted by molar-refractivity contribution is -0.648. The third-order valence-corrected chi connectivity index (χ3v) is 7.71. The molecule has 3 aliphatic rings. The number of fused-ring (bicyclic) bond motifs is 2. The Balaban J connectivity index is 1.35. The first-order chi connectivity index (χ1) is 14.6. The van der Waals surface area contributed by atoms with Crippen molar-refractivity contribution in [1.29, 1.82) is 0 Å². The van der Waals surface area contributed by atoms with Crippen molar-refractivity contribution in [3.05, 3.63) is 40.6 Å². The van der Waals surface area contributed by atoms with Gasteiger partial charge in [-0.2, -0.15) is 11.3 Å². The van der Waals surface area contributed by atoms with Gasteiger partial charge in [0.1, 0.15) is 11.9 Å². The maximum atomic E-state index is 13.3. The molecule has 4 heterocycles. The highest BCUT2D eigenvalue weighted by Gasteiger charge is 2.41. The van der Waals surface area contributed by atoms with Gasteiger partial charge < -0.3 is 20.9 Å². The zero-order valence-corrected chi connectivity index (χ0v) is 17.9. The maximum absolute atomic E-state index is 13.3. The SMILES string of the molecule is O=C(N[C@H]1CCN2C(=O)c3cc(-c4ccsc4)ccc3NC(=O)[C@@H]2C1)[C@@H]1CSC[NH2+]1. The lowest BCUT2D eigenvalue weighted by atomic mass is 9.95. The molecule has 0 aliphatic carbocycles. The van der Waals surface area contributed by atoms with Gasteiger partial charge in [0.25, 0.3) is 11.8 Å². The molecule has 7 nitrogen and oxygen atoms in total. The van der Waals surface area contributed by atoms with Gasteiger partial charge >= 0.3 is 0 Å². The first-order valence-electron chi connectivity index (χ1n) is 10.1. The molecular formula is C21H23N4O3S2+. The van der Waals surface area contributed by atoms with Gasteiger partial charge in [-0.1, -0.05) is 17.8 Å². The Labute approximate surface area is 182 Å². The molecule has 0 unspecified atom stereocenters. The molecule has 1 aromatic carbocycles. The minimum atomic E-state index is -0.574. The summed E-state index contributed by atoms with van der Waals surface area (Å²) >= 11 is 3.36. The smallest absolute Gasteiger partial charge is 0.279 e. The number of carbonyl (C=O) groups is 3. The average Bonchev–Trinajstić information content (AvgIpc) is 3.46. The van der Waals surface area contributed by atoms with E-state index in [2.05, 4.69) is 10.6 Å². The van der Waals surface area contributed by atoms with E-state index in [4.69, 9.17) is 0 Å². The summed E-state index contributed by atoms with van der Waals surface area (Å²) in [6.45, 7) is 0.452. The number of nitrogens with one attached hydrogen (secondary N) is 2. The third kappa shape index (κ3) is 3.61. The number of amides is 3. The summed E-state index contributed by atoms with van der Waals surface area (Å²) in [6, 6.07) is 6.89. The Hall–Kier alpha value is -2.36. The molecule has 2 aromatic rings. The predicted molar refractivity (Wildman–Crippen MR) is 117 cm³/mol.